The van der Waals surface area contributed by atoms with E-state index in [0.29, 0.717) is 23.9 Å². The molecule has 0 aliphatic carbocycles. The van der Waals surface area contributed by atoms with Crippen molar-refractivity contribution in [1.82, 2.24) is 5.32 Å². The van der Waals surface area contributed by atoms with Gasteiger partial charge in [0.25, 0.3) is 5.69 Å². The van der Waals surface area contributed by atoms with Crippen molar-refractivity contribution in [3.05, 3.63) is 39.7 Å². The predicted octanol–water partition coefficient (Wildman–Crippen LogP) is 3.98. The Balaban J connectivity index is 2.04. The molecule has 1 amide bonds. The molecule has 2 heterocycles. The minimum absolute atomic E-state index is 0.149. The normalized spacial score (nSPS) is 26.9. The van der Waals surface area contributed by atoms with Gasteiger partial charge in [0, 0.05) is 42.4 Å². The van der Waals surface area contributed by atoms with Crippen molar-refractivity contribution in [2.45, 2.75) is 51.4 Å². The first-order valence-corrected chi connectivity index (χ1v) is 10.3. The van der Waals surface area contributed by atoms with Gasteiger partial charge in [-0.1, -0.05) is 11.8 Å². The van der Waals surface area contributed by atoms with Gasteiger partial charge in [-0.25, -0.2) is 9.18 Å². The molecular formula is C19H24FN3O5S. The van der Waals surface area contributed by atoms with Crippen LogP contribution in [0.4, 0.5) is 14.9 Å². The topological polar surface area (TPSA) is 103 Å². The number of alkyl carbamates (subject to hydrolysis) is 1. The zero-order valence-electron chi connectivity index (χ0n) is 16.7. The monoisotopic (exact) mass is 425 g/mol. The molecule has 2 aliphatic rings. The molecule has 0 saturated carbocycles. The van der Waals surface area contributed by atoms with E-state index in [1.165, 1.54) is 17.8 Å². The standard InChI is InChI=1S/C19H24FN3O5S/c1-11-14-10-29-16(21-17(24)28-18(2,3)4)22-19(14,7-8-27-11)13-9-12(23(25)26)5-6-15(13)20/h5-6,9,11,14H,7-8,10H2,1-4H3,(H,21,22,24)/t11-,14-,19-/m1/s1. The molecular weight excluding hydrogens is 401 g/mol. The number of thioether (sulfide) groups is 1. The third kappa shape index (κ3) is 4.53. The summed E-state index contributed by atoms with van der Waals surface area (Å²) in [6.45, 7) is 7.46. The SMILES string of the molecule is C[C@H]1OCC[C@]2(c3cc([N+](=O)[O-])ccc3F)N=C(NC(=O)OC(C)(C)C)SC[C@H]12. The second-order valence-electron chi connectivity index (χ2n) is 8.13. The number of hydrogen-bond donors (Lipinski definition) is 1. The second-order valence-corrected chi connectivity index (χ2v) is 9.14. The fourth-order valence-corrected chi connectivity index (χ4v) is 4.96. The first kappa shape index (κ1) is 21.5. The number of nitrogens with one attached hydrogen (secondary N) is 1. The summed E-state index contributed by atoms with van der Waals surface area (Å²) < 4.78 is 25.9. The summed E-state index contributed by atoms with van der Waals surface area (Å²) in [6.07, 6.45) is -0.529. The number of amidine groups is 1. The van der Waals surface area contributed by atoms with E-state index in [0.717, 1.165) is 12.1 Å². The number of non-ortho nitro benzene ring substituents is 1. The van der Waals surface area contributed by atoms with Gasteiger partial charge >= 0.3 is 6.09 Å². The summed E-state index contributed by atoms with van der Waals surface area (Å²) >= 11 is 1.32. The van der Waals surface area contributed by atoms with E-state index in [2.05, 4.69) is 5.32 Å². The van der Waals surface area contributed by atoms with Crippen molar-refractivity contribution >= 4 is 28.7 Å². The van der Waals surface area contributed by atoms with Gasteiger partial charge in [0.1, 0.15) is 11.4 Å². The van der Waals surface area contributed by atoms with Gasteiger partial charge in [-0.2, -0.15) is 0 Å². The number of carbonyl (C=O) groups is 1. The Bertz CT molecular complexity index is 857. The van der Waals surface area contributed by atoms with Gasteiger partial charge in [0.2, 0.25) is 0 Å². The van der Waals surface area contributed by atoms with E-state index in [1.54, 1.807) is 20.8 Å². The molecule has 2 aliphatic heterocycles. The third-order valence-electron chi connectivity index (χ3n) is 4.98. The van der Waals surface area contributed by atoms with Crippen molar-refractivity contribution in [1.29, 1.82) is 0 Å². The second kappa shape index (κ2) is 7.91. The Morgan fingerprint density at radius 3 is 2.86 bits per heavy atom. The van der Waals surface area contributed by atoms with Crippen LogP contribution in [0.25, 0.3) is 0 Å². The number of nitrogens with zero attached hydrogens (tertiary/aromatic N) is 2. The number of ether oxygens (including phenoxy) is 2. The number of nitro groups is 1. The maximum atomic E-state index is 14.9. The third-order valence-corrected chi connectivity index (χ3v) is 5.97. The van der Waals surface area contributed by atoms with E-state index in [1.807, 2.05) is 6.92 Å². The molecule has 0 bridgehead atoms. The molecule has 0 radical (unpaired) electrons. The van der Waals surface area contributed by atoms with E-state index < -0.39 is 28.0 Å². The Hall–Kier alpha value is -2.20. The molecule has 0 aromatic heterocycles. The Kier molecular flexibility index (Phi) is 5.86. The number of nitro benzene ring substituents is 1. The number of fused-ring (bicyclic) bond motifs is 1. The molecule has 3 rings (SSSR count). The summed E-state index contributed by atoms with van der Waals surface area (Å²) in [6, 6.07) is 3.47. The average Bonchev–Trinajstić information content (AvgIpc) is 2.60. The number of carbonyl (C=O) groups excluding carboxylic acids is 1. The van der Waals surface area contributed by atoms with Crippen LogP contribution < -0.4 is 5.32 Å². The zero-order chi connectivity index (χ0) is 21.4. The van der Waals surface area contributed by atoms with E-state index in [4.69, 9.17) is 14.5 Å². The molecule has 1 fully saturated rings. The molecule has 0 spiro atoms. The largest absolute Gasteiger partial charge is 0.444 e. The first-order chi connectivity index (χ1) is 13.5. The zero-order valence-corrected chi connectivity index (χ0v) is 17.5. The predicted molar refractivity (Wildman–Crippen MR) is 108 cm³/mol. The van der Waals surface area contributed by atoms with Gasteiger partial charge in [0.15, 0.2) is 5.17 Å². The van der Waals surface area contributed by atoms with Gasteiger partial charge in [-0.3, -0.25) is 20.4 Å². The maximum absolute atomic E-state index is 14.9. The Labute approximate surface area is 172 Å². The lowest BCUT2D eigenvalue weighted by molar-refractivity contribution is -0.385. The fraction of sp³-hybridized carbons (Fsp3) is 0.579. The van der Waals surface area contributed by atoms with Gasteiger partial charge < -0.3 is 9.47 Å². The highest BCUT2D eigenvalue weighted by molar-refractivity contribution is 8.13. The van der Waals surface area contributed by atoms with Crippen molar-refractivity contribution in [3.63, 3.8) is 0 Å². The van der Waals surface area contributed by atoms with Crippen LogP contribution >= 0.6 is 11.8 Å². The number of hydrogen-bond acceptors (Lipinski definition) is 7. The molecule has 3 atom stereocenters. The van der Waals surface area contributed by atoms with Crippen LogP contribution in [0.5, 0.6) is 0 Å². The number of halogens is 1. The Morgan fingerprint density at radius 2 is 2.21 bits per heavy atom. The molecule has 8 nitrogen and oxygen atoms in total. The van der Waals surface area contributed by atoms with Gasteiger partial charge in [-0.15, -0.1) is 0 Å². The van der Waals surface area contributed by atoms with Gasteiger partial charge in [0.05, 0.1) is 16.6 Å². The molecule has 1 saturated heterocycles. The van der Waals surface area contributed by atoms with Crippen molar-refractivity contribution in [3.8, 4) is 0 Å². The van der Waals surface area contributed by atoms with Crippen LogP contribution in [-0.4, -0.2) is 40.2 Å². The first-order valence-electron chi connectivity index (χ1n) is 9.30. The molecule has 0 unspecified atom stereocenters. The van der Waals surface area contributed by atoms with E-state index in [-0.39, 0.29) is 23.3 Å². The summed E-state index contributed by atoms with van der Waals surface area (Å²) in [5, 5.41) is 14.2. The maximum Gasteiger partial charge on any atom is 0.413 e. The fourth-order valence-electron chi connectivity index (χ4n) is 3.69. The molecule has 1 aromatic carbocycles. The van der Waals surface area contributed by atoms with Crippen LogP contribution in [0.1, 0.15) is 39.7 Å². The summed E-state index contributed by atoms with van der Waals surface area (Å²) in [7, 11) is 0. The lowest BCUT2D eigenvalue weighted by Gasteiger charge is -2.47. The van der Waals surface area contributed by atoms with Crippen LogP contribution in [0, 0.1) is 21.8 Å². The smallest absolute Gasteiger partial charge is 0.413 e. The molecule has 29 heavy (non-hydrogen) atoms. The van der Waals surface area contributed by atoms with Crippen molar-refractivity contribution in [2.24, 2.45) is 10.9 Å². The Morgan fingerprint density at radius 1 is 1.48 bits per heavy atom. The van der Waals surface area contributed by atoms with E-state index >= 15 is 0 Å². The van der Waals surface area contributed by atoms with Crippen LogP contribution in [0.3, 0.4) is 0 Å². The highest BCUT2D eigenvalue weighted by atomic mass is 32.2. The van der Waals surface area contributed by atoms with Crippen LogP contribution in [0.2, 0.25) is 0 Å². The highest BCUT2D eigenvalue weighted by Gasteiger charge is 2.50. The summed E-state index contributed by atoms with van der Waals surface area (Å²) in [5.41, 5.74) is -1.80. The number of rotatable bonds is 2. The van der Waals surface area contributed by atoms with Gasteiger partial charge in [-0.05, 0) is 33.8 Å². The highest BCUT2D eigenvalue weighted by Crippen LogP contribution is 2.49. The molecule has 10 heteroatoms. The van der Waals surface area contributed by atoms with Crippen LogP contribution in [-0.2, 0) is 15.0 Å². The average molecular weight is 425 g/mol. The molecule has 1 N–H and O–H groups in total. The summed E-state index contributed by atoms with van der Waals surface area (Å²) in [4.78, 5) is 27.6. The number of amides is 1. The summed E-state index contributed by atoms with van der Waals surface area (Å²) in [5.74, 6) is -0.262. The minimum atomic E-state index is -1.07. The number of aliphatic imine (C=N–C) groups is 1. The molecule has 158 valence electrons. The van der Waals surface area contributed by atoms with Crippen LogP contribution in [0.15, 0.2) is 23.2 Å². The van der Waals surface area contributed by atoms with Crippen molar-refractivity contribution in [2.75, 3.05) is 12.4 Å². The quantitative estimate of drug-likeness (QED) is 0.568. The lowest BCUT2D eigenvalue weighted by atomic mass is 9.72. The minimum Gasteiger partial charge on any atom is -0.444 e. The number of benzene rings is 1. The molecule has 1 aromatic rings. The lowest BCUT2D eigenvalue weighted by Crippen LogP contribution is -2.51. The van der Waals surface area contributed by atoms with Crippen molar-refractivity contribution < 1.29 is 23.6 Å². The van der Waals surface area contributed by atoms with E-state index in [9.17, 15) is 19.3 Å².